The molecule has 3 N–H and O–H groups in total. The minimum absolute atomic E-state index is 0.0208. The molecule has 0 saturated carbocycles. The van der Waals surface area contributed by atoms with E-state index in [0.29, 0.717) is 23.9 Å². The van der Waals surface area contributed by atoms with E-state index >= 15 is 0 Å². The van der Waals surface area contributed by atoms with Crippen molar-refractivity contribution in [1.82, 2.24) is 20.3 Å². The monoisotopic (exact) mass is 378 g/mol. The van der Waals surface area contributed by atoms with Crippen molar-refractivity contribution in [2.45, 2.75) is 12.5 Å². The van der Waals surface area contributed by atoms with Crippen LogP contribution in [0.5, 0.6) is 5.75 Å². The number of amides is 2. The van der Waals surface area contributed by atoms with Gasteiger partial charge in [0.05, 0.1) is 24.2 Å². The summed E-state index contributed by atoms with van der Waals surface area (Å²) in [6.07, 6.45) is 4.45. The summed E-state index contributed by atoms with van der Waals surface area (Å²) in [5, 5.41) is 5.85. The second-order valence-electron chi connectivity index (χ2n) is 6.56. The molecule has 4 rings (SSSR count). The summed E-state index contributed by atoms with van der Waals surface area (Å²) >= 11 is 0. The van der Waals surface area contributed by atoms with Gasteiger partial charge in [0.25, 0.3) is 0 Å². The first-order valence-corrected chi connectivity index (χ1v) is 9.15. The van der Waals surface area contributed by atoms with E-state index in [1.807, 2.05) is 36.5 Å². The fraction of sp³-hybridized carbons (Fsp3) is 0.250. The van der Waals surface area contributed by atoms with Crippen LogP contribution in [0.15, 0.2) is 54.9 Å². The summed E-state index contributed by atoms with van der Waals surface area (Å²) in [6, 6.07) is 12.9. The number of ether oxygens (including phenoxy) is 1. The molecular formula is C20H22N6O2. The second-order valence-corrected chi connectivity index (χ2v) is 6.56. The van der Waals surface area contributed by atoms with Crippen LogP contribution in [0.25, 0.3) is 11.4 Å². The zero-order chi connectivity index (χ0) is 19.3. The number of benzene rings is 1. The Morgan fingerprint density at radius 3 is 2.96 bits per heavy atom. The van der Waals surface area contributed by atoms with Crippen molar-refractivity contribution in [1.29, 1.82) is 0 Å². The van der Waals surface area contributed by atoms with Crippen LogP contribution in [0, 0.1) is 0 Å². The minimum Gasteiger partial charge on any atom is -0.495 e. The Labute approximate surface area is 163 Å². The van der Waals surface area contributed by atoms with Crippen LogP contribution in [-0.2, 0) is 0 Å². The number of hydrogen-bond donors (Lipinski definition) is 3. The Hall–Kier alpha value is -3.55. The van der Waals surface area contributed by atoms with Gasteiger partial charge in [-0.2, -0.15) is 0 Å². The highest BCUT2D eigenvalue weighted by atomic mass is 16.5. The third-order valence-electron chi connectivity index (χ3n) is 4.68. The van der Waals surface area contributed by atoms with Gasteiger partial charge in [-0.1, -0.05) is 12.1 Å². The first kappa shape index (κ1) is 17.8. The van der Waals surface area contributed by atoms with Gasteiger partial charge in [0, 0.05) is 31.5 Å². The van der Waals surface area contributed by atoms with Gasteiger partial charge in [0.15, 0.2) is 0 Å². The number of urea groups is 1. The van der Waals surface area contributed by atoms with E-state index < -0.39 is 0 Å². The number of para-hydroxylation sites is 2. The summed E-state index contributed by atoms with van der Waals surface area (Å²) in [7, 11) is 1.58. The molecule has 0 radical (unpaired) electrons. The molecule has 8 heteroatoms. The number of carbonyl (C=O) groups is 1. The van der Waals surface area contributed by atoms with Crippen molar-refractivity contribution in [2.75, 3.05) is 30.4 Å². The fourth-order valence-corrected chi connectivity index (χ4v) is 3.29. The molecule has 1 atom stereocenters. The van der Waals surface area contributed by atoms with Gasteiger partial charge in [-0.15, -0.1) is 0 Å². The molecule has 144 valence electrons. The highest BCUT2D eigenvalue weighted by molar-refractivity contribution is 5.91. The highest BCUT2D eigenvalue weighted by Crippen LogP contribution is 2.23. The number of aromatic amines is 1. The van der Waals surface area contributed by atoms with Gasteiger partial charge in [-0.05, 0) is 36.8 Å². The molecule has 2 amide bonds. The summed E-state index contributed by atoms with van der Waals surface area (Å²) in [5.41, 5.74) is 2.44. The molecule has 0 spiro atoms. The van der Waals surface area contributed by atoms with Gasteiger partial charge in [0.1, 0.15) is 5.75 Å². The number of nitrogens with one attached hydrogen (secondary N) is 3. The molecule has 3 heterocycles. The summed E-state index contributed by atoms with van der Waals surface area (Å²) in [5.74, 6) is 1.29. The van der Waals surface area contributed by atoms with Crippen molar-refractivity contribution in [2.24, 2.45) is 0 Å². The number of methoxy groups -OCH3 is 1. The van der Waals surface area contributed by atoms with E-state index in [1.54, 1.807) is 25.4 Å². The molecule has 3 aromatic rings. The van der Waals surface area contributed by atoms with Crippen LogP contribution in [0.1, 0.15) is 6.42 Å². The average Bonchev–Trinajstić information content (AvgIpc) is 3.41. The van der Waals surface area contributed by atoms with Crippen LogP contribution in [0.2, 0.25) is 0 Å². The van der Waals surface area contributed by atoms with Crippen LogP contribution in [-0.4, -0.2) is 47.2 Å². The number of hydrogen-bond acceptors (Lipinski definition) is 5. The third-order valence-corrected chi connectivity index (χ3v) is 4.68. The smallest absolute Gasteiger partial charge is 0.319 e. The van der Waals surface area contributed by atoms with Crippen molar-refractivity contribution in [3.63, 3.8) is 0 Å². The van der Waals surface area contributed by atoms with E-state index in [2.05, 4.69) is 30.5 Å². The molecule has 1 unspecified atom stereocenters. The molecule has 28 heavy (non-hydrogen) atoms. The van der Waals surface area contributed by atoms with Gasteiger partial charge < -0.3 is 25.3 Å². The summed E-state index contributed by atoms with van der Waals surface area (Å²) < 4.78 is 5.26. The Morgan fingerprint density at radius 2 is 2.14 bits per heavy atom. The molecule has 1 fully saturated rings. The van der Waals surface area contributed by atoms with Gasteiger partial charge in [-0.3, -0.25) is 0 Å². The summed E-state index contributed by atoms with van der Waals surface area (Å²) in [6.45, 7) is 1.45. The molecule has 1 aliphatic heterocycles. The number of nitrogens with zero attached hydrogens (tertiary/aromatic N) is 3. The van der Waals surface area contributed by atoms with Crippen LogP contribution in [0.3, 0.4) is 0 Å². The number of carbonyl (C=O) groups excluding carboxylic acids is 1. The first-order chi connectivity index (χ1) is 13.7. The lowest BCUT2D eigenvalue weighted by atomic mass is 10.2. The number of aromatic nitrogens is 3. The molecule has 8 nitrogen and oxygen atoms in total. The fourth-order valence-electron chi connectivity index (χ4n) is 3.29. The van der Waals surface area contributed by atoms with E-state index in [0.717, 1.165) is 24.4 Å². The molecule has 0 bridgehead atoms. The lowest BCUT2D eigenvalue weighted by Gasteiger charge is -2.18. The average molecular weight is 378 g/mol. The Kier molecular flexibility index (Phi) is 5.09. The highest BCUT2D eigenvalue weighted by Gasteiger charge is 2.26. The van der Waals surface area contributed by atoms with E-state index in [-0.39, 0.29) is 12.1 Å². The Morgan fingerprint density at radius 1 is 1.25 bits per heavy atom. The largest absolute Gasteiger partial charge is 0.495 e. The molecular weight excluding hydrogens is 356 g/mol. The number of H-pyrrole nitrogens is 1. The minimum atomic E-state index is -0.252. The SMILES string of the molecule is COc1ccccc1NC(=O)NC1CCN(c2nccc(-c3ccc[nH]3)n2)C1. The van der Waals surface area contributed by atoms with Crippen molar-refractivity contribution in [3.8, 4) is 17.1 Å². The Balaban J connectivity index is 1.37. The lowest BCUT2D eigenvalue weighted by Crippen LogP contribution is -2.40. The Bertz CT molecular complexity index is 943. The van der Waals surface area contributed by atoms with E-state index in [4.69, 9.17) is 4.74 Å². The zero-order valence-electron chi connectivity index (χ0n) is 15.6. The maximum atomic E-state index is 12.4. The quantitative estimate of drug-likeness (QED) is 0.635. The third kappa shape index (κ3) is 3.90. The van der Waals surface area contributed by atoms with Gasteiger partial charge in [0.2, 0.25) is 5.95 Å². The first-order valence-electron chi connectivity index (χ1n) is 9.15. The van der Waals surface area contributed by atoms with Crippen LogP contribution < -0.4 is 20.3 Å². The topological polar surface area (TPSA) is 95.2 Å². The predicted octanol–water partition coefficient (Wildman–Crippen LogP) is 2.88. The van der Waals surface area contributed by atoms with Crippen molar-refractivity contribution >= 4 is 17.7 Å². The number of anilines is 2. The normalized spacial score (nSPS) is 16.0. The van der Waals surface area contributed by atoms with Gasteiger partial charge in [-0.25, -0.2) is 14.8 Å². The van der Waals surface area contributed by atoms with Crippen LogP contribution >= 0.6 is 0 Å². The maximum absolute atomic E-state index is 12.4. The zero-order valence-corrected chi connectivity index (χ0v) is 15.6. The lowest BCUT2D eigenvalue weighted by molar-refractivity contribution is 0.249. The standard InChI is InChI=1S/C20H22N6O2/c1-28-18-7-3-2-5-17(18)25-20(27)23-14-9-12-26(13-14)19-22-11-8-16(24-19)15-6-4-10-21-15/h2-8,10-11,14,21H,9,12-13H2,1H3,(H2,23,25,27). The van der Waals surface area contributed by atoms with Gasteiger partial charge >= 0.3 is 6.03 Å². The predicted molar refractivity (Wildman–Crippen MR) is 108 cm³/mol. The molecule has 1 saturated heterocycles. The van der Waals surface area contributed by atoms with Crippen molar-refractivity contribution < 1.29 is 9.53 Å². The van der Waals surface area contributed by atoms with E-state index in [9.17, 15) is 4.79 Å². The summed E-state index contributed by atoms with van der Waals surface area (Å²) in [4.78, 5) is 26.6. The van der Waals surface area contributed by atoms with Crippen molar-refractivity contribution in [3.05, 3.63) is 54.9 Å². The molecule has 1 aromatic carbocycles. The maximum Gasteiger partial charge on any atom is 0.319 e. The van der Waals surface area contributed by atoms with Crippen LogP contribution in [0.4, 0.5) is 16.4 Å². The second kappa shape index (κ2) is 7.99. The molecule has 0 aliphatic carbocycles. The van der Waals surface area contributed by atoms with E-state index in [1.165, 1.54) is 0 Å². The molecule has 1 aliphatic rings. The molecule has 2 aromatic heterocycles. The number of rotatable bonds is 5.